The van der Waals surface area contributed by atoms with Gasteiger partial charge < -0.3 is 24.1 Å². The van der Waals surface area contributed by atoms with Gasteiger partial charge in [-0.3, -0.25) is 0 Å². The highest BCUT2D eigenvalue weighted by atomic mass is 19.4. The van der Waals surface area contributed by atoms with E-state index < -0.39 is 48.8 Å². The van der Waals surface area contributed by atoms with Gasteiger partial charge in [-0.1, -0.05) is 36.4 Å². The van der Waals surface area contributed by atoms with Crippen molar-refractivity contribution >= 4 is 11.9 Å². The molecule has 0 aliphatic carbocycles. The summed E-state index contributed by atoms with van der Waals surface area (Å²) < 4.78 is 61.3. The lowest BCUT2D eigenvalue weighted by Gasteiger charge is -2.33. The smallest absolute Gasteiger partial charge is 0.426 e. The molecular weight excluding hydrogens is 421 g/mol. The van der Waals surface area contributed by atoms with Gasteiger partial charge in [-0.05, 0) is 24.3 Å². The summed E-state index contributed by atoms with van der Waals surface area (Å²) in [4.78, 5) is 24.6. The Bertz CT molecular complexity index is 904. The Morgan fingerprint density at radius 1 is 1.00 bits per heavy atom. The SMILES string of the molecule is CO[C@H]1OC(COC(=O)c2ccccc2)[C@H](OC(=O)c2ccccc2)C1(O)C(F)(F)F. The summed E-state index contributed by atoms with van der Waals surface area (Å²) in [5.74, 6) is -1.94. The summed E-state index contributed by atoms with van der Waals surface area (Å²) in [6, 6.07) is 15.0. The average Bonchev–Trinajstić information content (AvgIpc) is 3.05. The Labute approximate surface area is 175 Å². The van der Waals surface area contributed by atoms with Gasteiger partial charge in [0.1, 0.15) is 12.7 Å². The van der Waals surface area contributed by atoms with Crippen LogP contribution in [0.2, 0.25) is 0 Å². The largest absolute Gasteiger partial charge is 0.459 e. The third-order valence-electron chi connectivity index (χ3n) is 4.73. The van der Waals surface area contributed by atoms with Gasteiger partial charge in [0, 0.05) is 7.11 Å². The minimum absolute atomic E-state index is 0.0343. The summed E-state index contributed by atoms with van der Waals surface area (Å²) in [6.07, 6.45) is -11.4. The summed E-state index contributed by atoms with van der Waals surface area (Å²) in [5.41, 5.74) is -3.56. The van der Waals surface area contributed by atoms with Crippen molar-refractivity contribution in [3.63, 3.8) is 0 Å². The zero-order valence-corrected chi connectivity index (χ0v) is 16.2. The van der Waals surface area contributed by atoms with Gasteiger partial charge in [-0.2, -0.15) is 13.2 Å². The van der Waals surface area contributed by atoms with Gasteiger partial charge in [0.25, 0.3) is 5.60 Å². The fourth-order valence-electron chi connectivity index (χ4n) is 3.15. The van der Waals surface area contributed by atoms with E-state index in [1.807, 2.05) is 0 Å². The Hall–Kier alpha value is -2.95. The first-order valence-electron chi connectivity index (χ1n) is 9.14. The number of halogens is 3. The fraction of sp³-hybridized carbons (Fsp3) is 0.333. The molecule has 0 bridgehead atoms. The molecule has 4 atom stereocenters. The molecule has 0 amide bonds. The van der Waals surface area contributed by atoms with Crippen LogP contribution in [-0.4, -0.2) is 61.0 Å². The normalized spacial score (nSPS) is 25.8. The second-order valence-electron chi connectivity index (χ2n) is 6.72. The molecule has 1 N–H and O–H groups in total. The van der Waals surface area contributed by atoms with Crippen molar-refractivity contribution in [2.45, 2.75) is 30.3 Å². The quantitative estimate of drug-likeness (QED) is 0.691. The van der Waals surface area contributed by atoms with E-state index >= 15 is 0 Å². The fourth-order valence-corrected chi connectivity index (χ4v) is 3.15. The lowest BCUT2D eigenvalue weighted by atomic mass is 9.94. The number of hydrogen-bond donors (Lipinski definition) is 1. The molecule has 7 nitrogen and oxygen atoms in total. The number of carbonyl (C=O) groups is 2. The molecule has 166 valence electrons. The number of rotatable bonds is 6. The monoisotopic (exact) mass is 440 g/mol. The topological polar surface area (TPSA) is 91.3 Å². The summed E-state index contributed by atoms with van der Waals surface area (Å²) >= 11 is 0. The first-order chi connectivity index (χ1) is 14.7. The molecule has 0 spiro atoms. The first-order valence-corrected chi connectivity index (χ1v) is 9.14. The highest BCUT2D eigenvalue weighted by molar-refractivity contribution is 5.90. The number of hydrogen-bond acceptors (Lipinski definition) is 7. The van der Waals surface area contributed by atoms with E-state index in [-0.39, 0.29) is 11.1 Å². The second-order valence-corrected chi connectivity index (χ2v) is 6.72. The van der Waals surface area contributed by atoms with Crippen LogP contribution in [0.4, 0.5) is 13.2 Å². The minimum atomic E-state index is -5.28. The Morgan fingerprint density at radius 2 is 1.52 bits per heavy atom. The summed E-state index contributed by atoms with van der Waals surface area (Å²) in [5, 5.41) is 10.5. The van der Waals surface area contributed by atoms with Gasteiger partial charge in [-0.25, -0.2) is 9.59 Å². The van der Waals surface area contributed by atoms with Gasteiger partial charge >= 0.3 is 18.1 Å². The first kappa shape index (κ1) is 22.7. The molecule has 0 saturated carbocycles. The molecule has 2 unspecified atom stereocenters. The van der Waals surface area contributed by atoms with E-state index in [4.69, 9.17) is 14.2 Å². The Morgan fingerprint density at radius 3 is 2.00 bits per heavy atom. The minimum Gasteiger partial charge on any atom is -0.459 e. The van der Waals surface area contributed by atoms with E-state index in [1.54, 1.807) is 24.3 Å². The molecule has 10 heteroatoms. The molecule has 2 aromatic rings. The van der Waals surface area contributed by atoms with E-state index in [1.165, 1.54) is 36.4 Å². The summed E-state index contributed by atoms with van der Waals surface area (Å²) in [6.45, 7) is -0.723. The van der Waals surface area contributed by atoms with Crippen molar-refractivity contribution < 1.29 is 46.8 Å². The maximum Gasteiger partial charge on any atom is 0.426 e. The maximum absolute atomic E-state index is 13.8. The number of esters is 2. The molecule has 1 aliphatic heterocycles. The van der Waals surface area contributed by atoms with Crippen molar-refractivity contribution in [2.75, 3.05) is 13.7 Å². The lowest BCUT2D eigenvalue weighted by Crippen LogP contribution is -2.61. The van der Waals surface area contributed by atoms with E-state index in [0.29, 0.717) is 0 Å². The summed E-state index contributed by atoms with van der Waals surface area (Å²) in [7, 11) is 0.899. The van der Waals surface area contributed by atoms with Gasteiger partial charge in [0.15, 0.2) is 12.4 Å². The predicted molar refractivity (Wildman–Crippen MR) is 99.0 cm³/mol. The molecular formula is C21H19F3O7. The molecule has 0 aromatic heterocycles. The van der Waals surface area contributed by atoms with Crippen LogP contribution in [0, 0.1) is 0 Å². The van der Waals surface area contributed by atoms with Crippen molar-refractivity contribution in [3.8, 4) is 0 Å². The highest BCUT2D eigenvalue weighted by Gasteiger charge is 2.72. The number of ether oxygens (including phenoxy) is 4. The van der Waals surface area contributed by atoms with Crippen molar-refractivity contribution in [1.82, 2.24) is 0 Å². The maximum atomic E-state index is 13.8. The molecule has 2 aromatic carbocycles. The number of alkyl halides is 3. The van der Waals surface area contributed by atoms with Crippen LogP contribution < -0.4 is 0 Å². The molecule has 3 rings (SSSR count). The van der Waals surface area contributed by atoms with E-state index in [2.05, 4.69) is 4.74 Å². The van der Waals surface area contributed by atoms with Crippen LogP contribution in [-0.2, 0) is 18.9 Å². The highest BCUT2D eigenvalue weighted by Crippen LogP contribution is 2.45. The van der Waals surface area contributed by atoms with Crippen molar-refractivity contribution in [2.24, 2.45) is 0 Å². The lowest BCUT2D eigenvalue weighted by molar-refractivity contribution is -0.325. The van der Waals surface area contributed by atoms with Crippen LogP contribution in [0.1, 0.15) is 20.7 Å². The zero-order valence-electron chi connectivity index (χ0n) is 16.2. The average molecular weight is 440 g/mol. The van der Waals surface area contributed by atoms with Crippen LogP contribution >= 0.6 is 0 Å². The van der Waals surface area contributed by atoms with Gasteiger partial charge in [-0.15, -0.1) is 0 Å². The van der Waals surface area contributed by atoms with Gasteiger partial charge in [0.2, 0.25) is 0 Å². The molecule has 1 heterocycles. The molecule has 1 aliphatic rings. The number of carbonyl (C=O) groups excluding carboxylic acids is 2. The second kappa shape index (κ2) is 9.04. The predicted octanol–water partition coefficient (Wildman–Crippen LogP) is 2.73. The Balaban J connectivity index is 1.85. The third kappa shape index (κ3) is 4.55. The van der Waals surface area contributed by atoms with Gasteiger partial charge in [0.05, 0.1) is 11.1 Å². The standard InChI is InChI=1S/C21H19F3O7/c1-28-19-20(27,21(22,23)24)16(31-18(26)14-10-6-3-7-11-14)15(30-19)12-29-17(25)13-8-4-2-5-9-13/h2-11,15-16,19,27H,12H2,1H3/t15?,16-,19-,20?/m0/s1. The number of aliphatic hydroxyl groups is 1. The number of methoxy groups -OCH3 is 1. The number of benzene rings is 2. The Kier molecular flexibility index (Phi) is 6.63. The van der Waals surface area contributed by atoms with Crippen molar-refractivity contribution in [3.05, 3.63) is 71.8 Å². The van der Waals surface area contributed by atoms with E-state index in [0.717, 1.165) is 7.11 Å². The van der Waals surface area contributed by atoms with Crippen LogP contribution in [0.3, 0.4) is 0 Å². The molecule has 31 heavy (non-hydrogen) atoms. The van der Waals surface area contributed by atoms with Crippen LogP contribution in [0.5, 0.6) is 0 Å². The third-order valence-corrected chi connectivity index (χ3v) is 4.73. The van der Waals surface area contributed by atoms with Crippen molar-refractivity contribution in [1.29, 1.82) is 0 Å². The molecule has 0 radical (unpaired) electrons. The van der Waals surface area contributed by atoms with E-state index in [9.17, 15) is 27.9 Å². The zero-order chi connectivity index (χ0) is 22.6. The molecule has 1 saturated heterocycles. The molecule has 1 fully saturated rings. The van der Waals surface area contributed by atoms with Crippen LogP contribution in [0.25, 0.3) is 0 Å². The van der Waals surface area contributed by atoms with Crippen LogP contribution in [0.15, 0.2) is 60.7 Å².